The average Bonchev–Trinajstić information content (AvgIpc) is 2.90. The molecule has 5 nitrogen and oxygen atoms in total. The van der Waals surface area contributed by atoms with Crippen LogP contribution in [0.25, 0.3) is 0 Å². The monoisotopic (exact) mass is 359 g/mol. The van der Waals surface area contributed by atoms with Crippen LogP contribution in [0.2, 0.25) is 0 Å². The van der Waals surface area contributed by atoms with Gasteiger partial charge in [0.05, 0.1) is 16.8 Å². The molecule has 0 aliphatic carbocycles. The number of nitrogens with zero attached hydrogens (tertiary/aromatic N) is 1. The van der Waals surface area contributed by atoms with Crippen molar-refractivity contribution in [1.29, 1.82) is 0 Å². The van der Waals surface area contributed by atoms with Crippen molar-refractivity contribution in [1.82, 2.24) is 4.98 Å². The molecule has 0 radical (unpaired) electrons. The number of benzene rings is 1. The Balaban J connectivity index is 0.00000264. The van der Waals surface area contributed by atoms with E-state index in [1.165, 1.54) is 23.5 Å². The molecule has 1 amide bonds. The molecule has 0 aliphatic rings. The Morgan fingerprint density at radius 1 is 1.48 bits per heavy atom. The third kappa shape index (κ3) is 5.46. The van der Waals surface area contributed by atoms with Crippen molar-refractivity contribution in [2.75, 3.05) is 11.9 Å². The Bertz CT molecular complexity index is 664. The molecule has 126 valence electrons. The molecule has 0 saturated heterocycles. The van der Waals surface area contributed by atoms with Crippen LogP contribution in [0.4, 0.5) is 10.1 Å². The summed E-state index contributed by atoms with van der Waals surface area (Å²) in [7, 11) is 0. The number of carbonyl (C=O) groups is 1. The minimum atomic E-state index is -0.552. The highest BCUT2D eigenvalue weighted by Crippen LogP contribution is 2.22. The first-order valence-corrected chi connectivity index (χ1v) is 7.79. The zero-order valence-corrected chi connectivity index (χ0v) is 14.5. The number of hydrogen-bond donors (Lipinski definition) is 2. The van der Waals surface area contributed by atoms with Gasteiger partial charge in [-0.3, -0.25) is 4.79 Å². The normalized spacial score (nSPS) is 10.3. The summed E-state index contributed by atoms with van der Waals surface area (Å²) in [5.74, 6) is -0.579. The fraction of sp³-hybridized carbons (Fsp3) is 0.333. The van der Waals surface area contributed by atoms with Gasteiger partial charge >= 0.3 is 0 Å². The molecule has 0 bridgehead atoms. The number of nitrogens with one attached hydrogen (secondary N) is 1. The van der Waals surface area contributed by atoms with Crippen LogP contribution in [-0.2, 0) is 6.42 Å². The lowest BCUT2D eigenvalue weighted by atomic mass is 10.2. The molecule has 3 N–H and O–H groups in total. The predicted octanol–water partition coefficient (Wildman–Crippen LogP) is 3.24. The van der Waals surface area contributed by atoms with Crippen molar-refractivity contribution in [3.05, 3.63) is 40.1 Å². The van der Waals surface area contributed by atoms with E-state index in [2.05, 4.69) is 10.3 Å². The average molecular weight is 360 g/mol. The van der Waals surface area contributed by atoms with Crippen molar-refractivity contribution in [2.45, 2.75) is 26.4 Å². The number of carbonyl (C=O) groups excluding carboxylic acids is 1. The molecule has 8 heteroatoms. The fourth-order valence-corrected chi connectivity index (χ4v) is 2.58. The Morgan fingerprint density at radius 2 is 2.22 bits per heavy atom. The molecule has 0 fully saturated rings. The van der Waals surface area contributed by atoms with Crippen LogP contribution in [0, 0.1) is 5.82 Å². The first-order chi connectivity index (χ1) is 10.5. The highest BCUT2D eigenvalue weighted by molar-refractivity contribution is 7.09. The Morgan fingerprint density at radius 3 is 2.83 bits per heavy atom. The summed E-state index contributed by atoms with van der Waals surface area (Å²) < 4.78 is 19.4. The van der Waals surface area contributed by atoms with Gasteiger partial charge in [-0.2, -0.15) is 0 Å². The van der Waals surface area contributed by atoms with Crippen LogP contribution < -0.4 is 15.8 Å². The summed E-state index contributed by atoms with van der Waals surface area (Å²) in [6, 6.07) is 4.33. The second kappa shape index (κ2) is 8.81. The molecule has 0 saturated carbocycles. The standard InChI is InChI=1S/C15H18FN3O2S.ClH/c1-9(2)21-10-3-4-12(11(16)7-10)19-15(20)13-8-22-14(18-13)5-6-17;/h3-4,7-9H,5-6,17H2,1-2H3,(H,19,20);1H. The summed E-state index contributed by atoms with van der Waals surface area (Å²) in [6.07, 6.45) is 0.573. The quantitative estimate of drug-likeness (QED) is 0.830. The Kier molecular flexibility index (Phi) is 7.41. The number of hydrogen-bond acceptors (Lipinski definition) is 5. The van der Waals surface area contributed by atoms with E-state index in [9.17, 15) is 9.18 Å². The molecule has 1 aromatic carbocycles. The SMILES string of the molecule is CC(C)Oc1ccc(NC(=O)c2csc(CCN)n2)c(F)c1.Cl. The maximum absolute atomic E-state index is 14.0. The van der Waals surface area contributed by atoms with Crippen LogP contribution in [0.3, 0.4) is 0 Å². The second-order valence-electron chi connectivity index (χ2n) is 4.93. The van der Waals surface area contributed by atoms with Crippen LogP contribution in [0.1, 0.15) is 29.3 Å². The Labute approximate surface area is 144 Å². The van der Waals surface area contributed by atoms with Gasteiger partial charge in [0.15, 0.2) is 0 Å². The smallest absolute Gasteiger partial charge is 0.275 e. The van der Waals surface area contributed by atoms with Crippen molar-refractivity contribution >= 4 is 35.3 Å². The van der Waals surface area contributed by atoms with Crippen molar-refractivity contribution < 1.29 is 13.9 Å². The molecule has 2 rings (SSSR count). The lowest BCUT2D eigenvalue weighted by molar-refractivity contribution is 0.102. The van der Waals surface area contributed by atoms with E-state index in [0.717, 1.165) is 5.01 Å². The number of nitrogens with two attached hydrogens (primary N) is 1. The number of amides is 1. The van der Waals surface area contributed by atoms with Gasteiger partial charge in [0.25, 0.3) is 5.91 Å². The molecule has 0 spiro atoms. The van der Waals surface area contributed by atoms with Gasteiger partial charge in [-0.15, -0.1) is 23.7 Å². The number of aromatic nitrogens is 1. The van der Waals surface area contributed by atoms with Crippen LogP contribution in [0.5, 0.6) is 5.75 Å². The second-order valence-corrected chi connectivity index (χ2v) is 5.87. The third-order valence-corrected chi connectivity index (χ3v) is 3.61. The van der Waals surface area contributed by atoms with E-state index in [-0.39, 0.29) is 29.9 Å². The maximum Gasteiger partial charge on any atom is 0.275 e. The summed E-state index contributed by atoms with van der Waals surface area (Å²) in [6.45, 7) is 4.18. The van der Waals surface area contributed by atoms with Gasteiger partial charge in [0.2, 0.25) is 0 Å². The van der Waals surface area contributed by atoms with Crippen molar-refractivity contribution in [3.8, 4) is 5.75 Å². The number of thiazole rings is 1. The molecule has 0 atom stereocenters. The highest BCUT2D eigenvalue weighted by atomic mass is 35.5. The molecule has 0 unspecified atom stereocenters. The maximum atomic E-state index is 14.0. The summed E-state index contributed by atoms with van der Waals surface area (Å²) in [4.78, 5) is 16.2. The van der Waals surface area contributed by atoms with Gasteiger partial charge in [-0.1, -0.05) is 0 Å². The minimum absolute atomic E-state index is 0. The number of anilines is 1. The lowest BCUT2D eigenvalue weighted by Gasteiger charge is -2.11. The molecular weight excluding hydrogens is 341 g/mol. The van der Waals surface area contributed by atoms with E-state index >= 15 is 0 Å². The number of ether oxygens (including phenoxy) is 1. The fourth-order valence-electron chi connectivity index (χ4n) is 1.78. The van der Waals surface area contributed by atoms with E-state index in [1.54, 1.807) is 11.4 Å². The molecule has 0 aliphatic heterocycles. The summed E-state index contributed by atoms with van der Waals surface area (Å²) in [5, 5.41) is 4.93. The largest absolute Gasteiger partial charge is 0.491 e. The summed E-state index contributed by atoms with van der Waals surface area (Å²) >= 11 is 1.36. The van der Waals surface area contributed by atoms with E-state index in [0.29, 0.717) is 18.7 Å². The van der Waals surface area contributed by atoms with Gasteiger partial charge in [0.1, 0.15) is 17.3 Å². The van der Waals surface area contributed by atoms with Crippen LogP contribution >= 0.6 is 23.7 Å². The van der Waals surface area contributed by atoms with Gasteiger partial charge in [0, 0.05) is 17.9 Å². The van der Waals surface area contributed by atoms with Crippen molar-refractivity contribution in [2.24, 2.45) is 5.73 Å². The molecule has 1 aromatic heterocycles. The zero-order valence-electron chi connectivity index (χ0n) is 12.8. The van der Waals surface area contributed by atoms with E-state index < -0.39 is 11.7 Å². The van der Waals surface area contributed by atoms with Crippen LogP contribution in [0.15, 0.2) is 23.6 Å². The van der Waals surface area contributed by atoms with Crippen molar-refractivity contribution in [3.63, 3.8) is 0 Å². The minimum Gasteiger partial charge on any atom is -0.491 e. The number of rotatable bonds is 6. The predicted molar refractivity (Wildman–Crippen MR) is 92.2 cm³/mol. The third-order valence-electron chi connectivity index (χ3n) is 2.70. The Hall–Kier alpha value is -1.70. The summed E-state index contributed by atoms with van der Waals surface area (Å²) in [5.41, 5.74) is 5.79. The topological polar surface area (TPSA) is 77.2 Å². The first kappa shape index (κ1) is 19.3. The van der Waals surface area contributed by atoms with Gasteiger partial charge < -0.3 is 15.8 Å². The number of halogens is 2. The van der Waals surface area contributed by atoms with E-state index in [1.807, 2.05) is 13.8 Å². The zero-order chi connectivity index (χ0) is 16.1. The van der Waals surface area contributed by atoms with Gasteiger partial charge in [-0.05, 0) is 32.5 Å². The highest BCUT2D eigenvalue weighted by Gasteiger charge is 2.13. The van der Waals surface area contributed by atoms with E-state index in [4.69, 9.17) is 10.5 Å². The molecule has 1 heterocycles. The molecule has 2 aromatic rings. The first-order valence-electron chi connectivity index (χ1n) is 6.91. The molecule has 23 heavy (non-hydrogen) atoms. The van der Waals surface area contributed by atoms with Gasteiger partial charge in [-0.25, -0.2) is 9.37 Å². The lowest BCUT2D eigenvalue weighted by Crippen LogP contribution is -2.14. The van der Waals surface area contributed by atoms with Crippen LogP contribution in [-0.4, -0.2) is 23.5 Å². The molecular formula is C15H19ClFN3O2S.